The predicted octanol–water partition coefficient (Wildman–Crippen LogP) is 6.02. The van der Waals surface area contributed by atoms with Crippen LogP contribution in [0.4, 0.5) is 4.39 Å². The number of nitrogens with zero attached hydrogens (tertiary/aromatic N) is 3. The summed E-state index contributed by atoms with van der Waals surface area (Å²) < 4.78 is 23.1. The molecule has 7 nitrogen and oxygen atoms in total. The quantitative estimate of drug-likeness (QED) is 0.302. The third kappa shape index (κ3) is 5.07. The van der Waals surface area contributed by atoms with Crippen LogP contribution in [0.1, 0.15) is 73.0 Å². The Morgan fingerprint density at radius 3 is 2.61 bits per heavy atom. The van der Waals surface area contributed by atoms with Gasteiger partial charge >= 0.3 is 0 Å². The summed E-state index contributed by atoms with van der Waals surface area (Å²) in [5.41, 5.74) is 1.98. The summed E-state index contributed by atoms with van der Waals surface area (Å²) in [4.78, 5) is 21.6. The summed E-state index contributed by atoms with van der Waals surface area (Å²) >= 11 is 6.58. The molecular weight excluding hydrogens is 505 g/mol. The van der Waals surface area contributed by atoms with E-state index in [1.807, 2.05) is 12.1 Å². The van der Waals surface area contributed by atoms with Crippen molar-refractivity contribution >= 4 is 28.5 Å². The Morgan fingerprint density at radius 1 is 1.21 bits per heavy atom. The van der Waals surface area contributed by atoms with Crippen LogP contribution in [0.25, 0.3) is 11.0 Å². The van der Waals surface area contributed by atoms with Gasteiger partial charge in [-0.3, -0.25) is 9.48 Å². The molecule has 2 unspecified atom stereocenters. The topological polar surface area (TPSA) is 84.8 Å². The van der Waals surface area contributed by atoms with E-state index in [0.29, 0.717) is 22.1 Å². The Bertz CT molecular complexity index is 1450. The molecule has 2 atom stereocenters. The number of benzene rings is 2. The maximum Gasteiger partial charge on any atom is 0.270 e. The number of ether oxygens (including phenoxy) is 1. The van der Waals surface area contributed by atoms with Crippen molar-refractivity contribution in [2.75, 3.05) is 13.2 Å². The molecule has 0 spiro atoms. The van der Waals surface area contributed by atoms with Gasteiger partial charge < -0.3 is 15.0 Å². The Labute approximate surface area is 226 Å². The van der Waals surface area contributed by atoms with Crippen molar-refractivity contribution in [3.05, 3.63) is 82.4 Å². The summed E-state index contributed by atoms with van der Waals surface area (Å²) in [6.07, 6.45) is 3.43. The molecule has 0 saturated carbocycles. The first-order chi connectivity index (χ1) is 18.1. The molecule has 2 N–H and O–H groups in total. The van der Waals surface area contributed by atoms with Crippen molar-refractivity contribution < 1.29 is 13.9 Å². The Hall–Kier alpha value is -3.23. The fourth-order valence-electron chi connectivity index (χ4n) is 5.46. The smallest absolute Gasteiger partial charge is 0.270 e. The second-order valence-electron chi connectivity index (χ2n) is 10.9. The molecule has 1 fully saturated rings. The largest absolute Gasteiger partial charge is 0.381 e. The van der Waals surface area contributed by atoms with E-state index in [1.54, 1.807) is 37.5 Å². The van der Waals surface area contributed by atoms with Gasteiger partial charge in [-0.1, -0.05) is 42.8 Å². The first-order valence-corrected chi connectivity index (χ1v) is 13.2. The first kappa shape index (κ1) is 26.4. The highest BCUT2D eigenvalue weighted by Gasteiger charge is 2.42. The fourth-order valence-corrected chi connectivity index (χ4v) is 5.71. The third-order valence-corrected chi connectivity index (χ3v) is 8.09. The minimum Gasteiger partial charge on any atom is -0.381 e. The second kappa shape index (κ2) is 10.2. The lowest BCUT2D eigenvalue weighted by molar-refractivity contribution is 0.0565. The van der Waals surface area contributed by atoms with Gasteiger partial charge in [0, 0.05) is 37.4 Å². The molecule has 38 heavy (non-hydrogen) atoms. The SMILES string of the molecule is Cn1nccc1C(=O)NC(c1nc2ccc(C3(C)CCOCC3)cc2[nH]1)C(c1ccccc1Cl)C(C)(C)F. The minimum absolute atomic E-state index is 0.00585. The normalized spacial score (nSPS) is 17.3. The predicted molar refractivity (Wildman–Crippen MR) is 146 cm³/mol. The lowest BCUT2D eigenvalue weighted by atomic mass is 9.76. The Kier molecular flexibility index (Phi) is 7.05. The zero-order valence-corrected chi connectivity index (χ0v) is 22.8. The zero-order chi connectivity index (χ0) is 27.1. The van der Waals surface area contributed by atoms with Gasteiger partial charge in [-0.25, -0.2) is 9.37 Å². The van der Waals surface area contributed by atoms with E-state index in [9.17, 15) is 4.79 Å². The van der Waals surface area contributed by atoms with Gasteiger partial charge in [0.15, 0.2) is 0 Å². The van der Waals surface area contributed by atoms with E-state index in [0.717, 1.165) is 37.1 Å². The molecule has 1 saturated heterocycles. The van der Waals surface area contributed by atoms with E-state index in [2.05, 4.69) is 34.5 Å². The maximum absolute atomic E-state index is 16.1. The number of rotatable bonds is 7. The fraction of sp³-hybridized carbons (Fsp3) is 0.414. The van der Waals surface area contributed by atoms with Crippen molar-refractivity contribution in [3.63, 3.8) is 0 Å². The first-order valence-electron chi connectivity index (χ1n) is 12.9. The number of carbonyl (C=O) groups excluding carboxylic acids is 1. The number of carbonyl (C=O) groups is 1. The highest BCUT2D eigenvalue weighted by molar-refractivity contribution is 6.31. The van der Waals surface area contributed by atoms with Gasteiger partial charge in [-0.2, -0.15) is 5.10 Å². The molecule has 1 amide bonds. The maximum atomic E-state index is 16.1. The number of nitrogens with one attached hydrogen (secondary N) is 2. The summed E-state index contributed by atoms with van der Waals surface area (Å²) in [5, 5.41) is 7.58. The third-order valence-electron chi connectivity index (χ3n) is 7.74. The van der Waals surface area contributed by atoms with E-state index in [-0.39, 0.29) is 11.3 Å². The van der Waals surface area contributed by atoms with E-state index < -0.39 is 17.6 Å². The molecule has 200 valence electrons. The molecule has 0 radical (unpaired) electrons. The molecule has 9 heteroatoms. The van der Waals surface area contributed by atoms with Crippen molar-refractivity contribution in [3.8, 4) is 0 Å². The summed E-state index contributed by atoms with van der Waals surface area (Å²) in [7, 11) is 1.69. The monoisotopic (exact) mass is 537 g/mol. The highest BCUT2D eigenvalue weighted by atomic mass is 35.5. The van der Waals surface area contributed by atoms with Crippen LogP contribution in [0.2, 0.25) is 5.02 Å². The standard InChI is InChI=1S/C29H33ClFN5O2/c1-28(2,31)24(19-7-5-6-8-20(19)30)25(35-27(37)23-11-14-32-36(23)4)26-33-21-10-9-18(17-22(21)34-26)29(3)12-15-38-16-13-29/h5-11,14,17,24-25H,12-13,15-16H2,1-4H3,(H,33,34)(H,35,37). The molecule has 3 heterocycles. The lowest BCUT2D eigenvalue weighted by Crippen LogP contribution is -2.40. The number of halogens is 2. The second-order valence-corrected chi connectivity index (χ2v) is 11.3. The van der Waals surface area contributed by atoms with E-state index in [4.69, 9.17) is 21.3 Å². The Balaban J connectivity index is 1.61. The molecule has 2 aromatic carbocycles. The van der Waals surface area contributed by atoms with Gasteiger partial charge in [0.05, 0.1) is 17.1 Å². The van der Waals surface area contributed by atoms with Gasteiger partial charge in [0.25, 0.3) is 5.91 Å². The van der Waals surface area contributed by atoms with Gasteiger partial charge in [0.1, 0.15) is 17.2 Å². The Morgan fingerprint density at radius 2 is 1.95 bits per heavy atom. The summed E-state index contributed by atoms with van der Waals surface area (Å²) in [5.74, 6) is -0.756. The number of aromatic amines is 1. The number of H-pyrrole nitrogens is 1. The van der Waals surface area contributed by atoms with E-state index >= 15 is 4.39 Å². The number of alkyl halides is 1. The summed E-state index contributed by atoms with van der Waals surface area (Å²) in [6.45, 7) is 6.71. The molecule has 1 aliphatic rings. The number of imidazole rings is 1. The van der Waals surface area contributed by atoms with Gasteiger partial charge in [-0.05, 0) is 67.5 Å². The number of fused-ring (bicyclic) bond motifs is 1. The van der Waals surface area contributed by atoms with Crippen LogP contribution >= 0.6 is 11.6 Å². The number of hydrogen-bond donors (Lipinski definition) is 2. The lowest BCUT2D eigenvalue weighted by Gasteiger charge is -2.34. The van der Waals surface area contributed by atoms with Crippen LogP contribution in [-0.4, -0.2) is 44.5 Å². The minimum atomic E-state index is -1.75. The summed E-state index contributed by atoms with van der Waals surface area (Å²) in [6, 6.07) is 14.1. The van der Waals surface area contributed by atoms with E-state index in [1.165, 1.54) is 24.1 Å². The number of hydrogen-bond acceptors (Lipinski definition) is 4. The van der Waals surface area contributed by atoms with Crippen LogP contribution in [0.5, 0.6) is 0 Å². The number of aromatic nitrogens is 4. The number of aryl methyl sites for hydroxylation is 1. The highest BCUT2D eigenvalue weighted by Crippen LogP contribution is 2.44. The van der Waals surface area contributed by atoms with Crippen LogP contribution in [0, 0.1) is 0 Å². The molecule has 2 aromatic heterocycles. The molecular formula is C29H33ClFN5O2. The molecule has 4 aromatic rings. The van der Waals surface area contributed by atoms with Crippen LogP contribution in [0.15, 0.2) is 54.7 Å². The van der Waals surface area contributed by atoms with Crippen molar-refractivity contribution in [1.29, 1.82) is 0 Å². The molecule has 0 bridgehead atoms. The molecule has 5 rings (SSSR count). The average molecular weight is 538 g/mol. The van der Waals surface area contributed by atoms with Crippen LogP contribution in [-0.2, 0) is 17.2 Å². The van der Waals surface area contributed by atoms with Gasteiger partial charge in [0.2, 0.25) is 0 Å². The zero-order valence-electron chi connectivity index (χ0n) is 22.1. The van der Waals surface area contributed by atoms with Crippen LogP contribution < -0.4 is 5.32 Å². The molecule has 0 aliphatic carbocycles. The molecule has 1 aliphatic heterocycles. The van der Waals surface area contributed by atoms with Crippen molar-refractivity contribution in [2.24, 2.45) is 7.05 Å². The van der Waals surface area contributed by atoms with Crippen LogP contribution in [0.3, 0.4) is 0 Å². The average Bonchev–Trinajstić information content (AvgIpc) is 3.50. The van der Waals surface area contributed by atoms with Crippen molar-refractivity contribution in [2.45, 2.75) is 56.7 Å². The van der Waals surface area contributed by atoms with Gasteiger partial charge in [-0.15, -0.1) is 0 Å². The van der Waals surface area contributed by atoms with Crippen molar-refractivity contribution in [1.82, 2.24) is 25.1 Å². The number of amides is 1.